The number of ether oxygens (including phenoxy) is 1. The van der Waals surface area contributed by atoms with Gasteiger partial charge in [-0.3, -0.25) is 14.3 Å². The first-order valence-electron chi connectivity index (χ1n) is 9.45. The van der Waals surface area contributed by atoms with E-state index < -0.39 is 12.0 Å². The first-order chi connectivity index (χ1) is 14.9. The normalized spacial score (nSPS) is 16.1. The van der Waals surface area contributed by atoms with Crippen LogP contribution in [0, 0.1) is 0 Å². The topological polar surface area (TPSA) is 73.6 Å². The lowest BCUT2D eigenvalue weighted by Crippen LogP contribution is -2.40. The summed E-state index contributed by atoms with van der Waals surface area (Å²) in [7, 11) is 0. The average Bonchev–Trinajstić information content (AvgIpc) is 3.03. The van der Waals surface area contributed by atoms with Crippen molar-refractivity contribution in [1.29, 1.82) is 0 Å². The van der Waals surface area contributed by atoms with E-state index in [0.29, 0.717) is 30.6 Å². The SMILES string of the molecule is CCOC(=O)C1=C(C)N=c2s/c(=C\c3cccnc3)c(=O)n2[C@@H]1c1ccc(Cl)cc1Cl. The van der Waals surface area contributed by atoms with Gasteiger partial charge in [-0.25, -0.2) is 9.79 Å². The number of carbonyl (C=O) groups is 1. The van der Waals surface area contributed by atoms with Crippen molar-refractivity contribution in [1.82, 2.24) is 9.55 Å². The summed E-state index contributed by atoms with van der Waals surface area (Å²) in [5, 5.41) is 0.798. The van der Waals surface area contributed by atoms with Gasteiger partial charge in [0.05, 0.1) is 22.4 Å². The fourth-order valence-corrected chi connectivity index (χ4v) is 4.98. The van der Waals surface area contributed by atoms with E-state index >= 15 is 0 Å². The molecule has 9 heteroatoms. The predicted octanol–water partition coefficient (Wildman–Crippen LogP) is 3.50. The summed E-state index contributed by atoms with van der Waals surface area (Å²) < 4.78 is 7.23. The van der Waals surface area contributed by atoms with Crippen molar-refractivity contribution in [2.75, 3.05) is 6.61 Å². The zero-order valence-corrected chi connectivity index (χ0v) is 19.0. The molecule has 0 bridgehead atoms. The average molecular weight is 474 g/mol. The molecule has 4 rings (SSSR count). The third kappa shape index (κ3) is 4.08. The number of rotatable bonds is 4. The first kappa shape index (κ1) is 21.5. The minimum absolute atomic E-state index is 0.197. The van der Waals surface area contributed by atoms with Crippen molar-refractivity contribution in [2.24, 2.45) is 4.99 Å². The van der Waals surface area contributed by atoms with Gasteiger partial charge in [-0.15, -0.1) is 0 Å². The molecular weight excluding hydrogens is 457 g/mol. The second kappa shape index (κ2) is 8.78. The molecule has 1 atom stereocenters. The highest BCUT2D eigenvalue weighted by atomic mass is 35.5. The van der Waals surface area contributed by atoms with Gasteiger partial charge in [-0.05, 0) is 49.2 Å². The fourth-order valence-electron chi connectivity index (χ4n) is 3.42. The maximum atomic E-state index is 13.4. The molecule has 1 aliphatic heterocycles. The molecule has 3 heterocycles. The molecule has 0 saturated heterocycles. The van der Waals surface area contributed by atoms with Crippen molar-refractivity contribution in [2.45, 2.75) is 19.9 Å². The van der Waals surface area contributed by atoms with Crippen molar-refractivity contribution in [3.05, 3.63) is 94.9 Å². The number of allylic oxidation sites excluding steroid dienone is 1. The number of pyridine rings is 1. The summed E-state index contributed by atoms with van der Waals surface area (Å²) in [4.78, 5) is 35.4. The fraction of sp³-hybridized carbons (Fsp3) is 0.182. The van der Waals surface area contributed by atoms with Crippen LogP contribution in [0.5, 0.6) is 0 Å². The molecule has 0 amide bonds. The Morgan fingerprint density at radius 1 is 1.32 bits per heavy atom. The third-order valence-corrected chi connectivity index (χ3v) is 6.30. The number of benzene rings is 1. The van der Waals surface area contributed by atoms with Crippen LogP contribution in [-0.2, 0) is 9.53 Å². The quantitative estimate of drug-likeness (QED) is 0.543. The Bertz CT molecular complexity index is 1380. The van der Waals surface area contributed by atoms with Gasteiger partial charge in [-0.2, -0.15) is 0 Å². The number of nitrogens with zero attached hydrogens (tertiary/aromatic N) is 3. The van der Waals surface area contributed by atoms with E-state index in [1.165, 1.54) is 15.9 Å². The Kier molecular flexibility index (Phi) is 6.09. The summed E-state index contributed by atoms with van der Waals surface area (Å²) in [5.74, 6) is -0.540. The Morgan fingerprint density at radius 2 is 2.13 bits per heavy atom. The number of fused-ring (bicyclic) bond motifs is 1. The van der Waals surface area contributed by atoms with E-state index in [1.54, 1.807) is 56.6 Å². The Hall–Kier alpha value is -2.74. The second-order valence-electron chi connectivity index (χ2n) is 6.75. The van der Waals surface area contributed by atoms with Crippen LogP contribution in [0.2, 0.25) is 10.0 Å². The summed E-state index contributed by atoms with van der Waals surface area (Å²) in [6.45, 7) is 3.64. The Labute approximate surface area is 191 Å². The molecule has 0 radical (unpaired) electrons. The molecule has 1 aliphatic rings. The number of hydrogen-bond acceptors (Lipinski definition) is 6. The highest BCUT2D eigenvalue weighted by Gasteiger charge is 2.34. The molecule has 0 unspecified atom stereocenters. The van der Waals surface area contributed by atoms with Crippen LogP contribution in [0.25, 0.3) is 6.08 Å². The molecule has 3 aromatic rings. The largest absolute Gasteiger partial charge is 0.463 e. The van der Waals surface area contributed by atoms with Crippen LogP contribution < -0.4 is 14.9 Å². The van der Waals surface area contributed by atoms with E-state index in [2.05, 4.69) is 9.98 Å². The number of hydrogen-bond donors (Lipinski definition) is 0. The maximum absolute atomic E-state index is 13.4. The van der Waals surface area contributed by atoms with Gasteiger partial charge in [0, 0.05) is 22.4 Å². The van der Waals surface area contributed by atoms with Crippen LogP contribution in [0.3, 0.4) is 0 Å². The van der Waals surface area contributed by atoms with E-state index in [9.17, 15) is 9.59 Å². The lowest BCUT2D eigenvalue weighted by Gasteiger charge is -2.25. The number of halogens is 2. The maximum Gasteiger partial charge on any atom is 0.338 e. The molecule has 0 aliphatic carbocycles. The standard InChI is InChI=1S/C22H17Cl2N3O3S/c1-3-30-21(29)18-12(2)26-22-27(19(18)15-7-6-14(23)10-16(15)24)20(28)17(31-22)9-13-5-4-8-25-11-13/h4-11,19H,3H2,1-2H3/b17-9-/t19-/m1/s1. The first-order valence-corrected chi connectivity index (χ1v) is 11.0. The number of aromatic nitrogens is 2. The third-order valence-electron chi connectivity index (χ3n) is 4.76. The van der Waals surface area contributed by atoms with Crippen LogP contribution in [0.1, 0.15) is 31.0 Å². The van der Waals surface area contributed by atoms with Crippen molar-refractivity contribution in [3.63, 3.8) is 0 Å². The monoisotopic (exact) mass is 473 g/mol. The van der Waals surface area contributed by atoms with Gasteiger partial charge in [0.2, 0.25) is 0 Å². The lowest BCUT2D eigenvalue weighted by atomic mass is 9.96. The highest BCUT2D eigenvalue weighted by molar-refractivity contribution is 7.07. The molecular formula is C22H17Cl2N3O3S. The smallest absolute Gasteiger partial charge is 0.338 e. The Morgan fingerprint density at radius 3 is 2.81 bits per heavy atom. The van der Waals surface area contributed by atoms with Gasteiger partial charge < -0.3 is 4.74 Å². The molecule has 0 saturated carbocycles. The molecule has 6 nitrogen and oxygen atoms in total. The van der Waals surface area contributed by atoms with Gasteiger partial charge in [-0.1, -0.05) is 46.7 Å². The molecule has 0 N–H and O–H groups in total. The van der Waals surface area contributed by atoms with Gasteiger partial charge in [0.15, 0.2) is 4.80 Å². The minimum Gasteiger partial charge on any atom is -0.463 e. The zero-order valence-electron chi connectivity index (χ0n) is 16.6. The van der Waals surface area contributed by atoms with Gasteiger partial charge >= 0.3 is 5.97 Å². The van der Waals surface area contributed by atoms with Gasteiger partial charge in [0.25, 0.3) is 5.56 Å². The van der Waals surface area contributed by atoms with Crippen LogP contribution >= 0.6 is 34.5 Å². The summed E-state index contributed by atoms with van der Waals surface area (Å²) in [6.07, 6.45) is 5.08. The van der Waals surface area contributed by atoms with E-state index in [-0.39, 0.29) is 17.7 Å². The molecule has 158 valence electrons. The molecule has 0 fully saturated rings. The van der Waals surface area contributed by atoms with Crippen molar-refractivity contribution >= 4 is 46.6 Å². The summed E-state index contributed by atoms with van der Waals surface area (Å²) in [5.41, 5.74) is 1.82. The minimum atomic E-state index is -0.781. The molecule has 1 aromatic carbocycles. The van der Waals surface area contributed by atoms with E-state index in [0.717, 1.165) is 5.56 Å². The van der Waals surface area contributed by atoms with E-state index in [1.807, 2.05) is 6.07 Å². The number of esters is 1. The summed E-state index contributed by atoms with van der Waals surface area (Å²) >= 11 is 13.8. The molecule has 31 heavy (non-hydrogen) atoms. The molecule has 0 spiro atoms. The number of thiazole rings is 1. The van der Waals surface area contributed by atoms with Crippen LogP contribution in [0.15, 0.2) is 63.8 Å². The van der Waals surface area contributed by atoms with Crippen molar-refractivity contribution in [3.8, 4) is 0 Å². The van der Waals surface area contributed by atoms with Crippen LogP contribution in [0.4, 0.5) is 0 Å². The van der Waals surface area contributed by atoms with E-state index in [4.69, 9.17) is 27.9 Å². The molecule has 2 aromatic heterocycles. The second-order valence-corrected chi connectivity index (χ2v) is 8.61. The lowest BCUT2D eigenvalue weighted by molar-refractivity contribution is -0.139. The predicted molar refractivity (Wildman–Crippen MR) is 121 cm³/mol. The Balaban J connectivity index is 2.00. The van der Waals surface area contributed by atoms with Gasteiger partial charge in [0.1, 0.15) is 6.04 Å². The van der Waals surface area contributed by atoms with Crippen molar-refractivity contribution < 1.29 is 9.53 Å². The highest BCUT2D eigenvalue weighted by Crippen LogP contribution is 2.35. The number of carbonyl (C=O) groups excluding carboxylic acids is 1. The van der Waals surface area contributed by atoms with Crippen LogP contribution in [-0.4, -0.2) is 22.1 Å². The summed E-state index contributed by atoms with van der Waals surface area (Å²) in [6, 6.07) is 7.84. The zero-order chi connectivity index (χ0) is 22.1.